The van der Waals surface area contributed by atoms with Crippen molar-refractivity contribution in [2.24, 2.45) is 0 Å². The molecule has 1 heterocycles. The number of nitrogens with one attached hydrogen (secondary N) is 2. The molecule has 1 aliphatic rings. The van der Waals surface area contributed by atoms with E-state index < -0.39 is 11.6 Å². The van der Waals surface area contributed by atoms with Gasteiger partial charge in [0.2, 0.25) is 0 Å². The maximum atomic E-state index is 13.4. The largest absolute Gasteiger partial charge is 0.316 e. The number of rotatable bonds is 6. The maximum absolute atomic E-state index is 13.4. The van der Waals surface area contributed by atoms with E-state index in [-0.39, 0.29) is 0 Å². The summed E-state index contributed by atoms with van der Waals surface area (Å²) in [4.78, 5) is 0. The first-order valence-corrected chi connectivity index (χ1v) is 7.14. The van der Waals surface area contributed by atoms with Crippen LogP contribution in [-0.2, 0) is 6.42 Å². The van der Waals surface area contributed by atoms with Crippen LogP contribution in [0.4, 0.5) is 8.78 Å². The molecule has 2 rings (SSSR count). The summed E-state index contributed by atoms with van der Waals surface area (Å²) in [6.45, 7) is 2.81. The fraction of sp³-hybridized carbons (Fsp3) is 0.600. The van der Waals surface area contributed by atoms with Crippen molar-refractivity contribution in [3.05, 3.63) is 35.4 Å². The van der Waals surface area contributed by atoms with Crippen molar-refractivity contribution in [2.75, 3.05) is 19.6 Å². The van der Waals surface area contributed by atoms with Crippen LogP contribution in [0.3, 0.4) is 0 Å². The van der Waals surface area contributed by atoms with Crippen molar-refractivity contribution in [3.8, 4) is 0 Å². The summed E-state index contributed by atoms with van der Waals surface area (Å²) in [5, 5.41) is 6.82. The third kappa shape index (κ3) is 4.88. The van der Waals surface area contributed by atoms with E-state index in [4.69, 9.17) is 0 Å². The minimum atomic E-state index is -0.516. The first-order chi connectivity index (χ1) is 9.25. The zero-order valence-electron chi connectivity index (χ0n) is 11.2. The summed E-state index contributed by atoms with van der Waals surface area (Å²) in [7, 11) is 0. The Kier molecular flexibility index (Phi) is 5.73. The average Bonchev–Trinajstić information content (AvgIpc) is 2.42. The summed E-state index contributed by atoms with van der Waals surface area (Å²) in [6.07, 6.45) is 5.58. The number of halogens is 2. The molecule has 1 fully saturated rings. The Bertz CT molecular complexity index is 390. The van der Waals surface area contributed by atoms with Crippen LogP contribution in [-0.4, -0.2) is 25.7 Å². The highest BCUT2D eigenvalue weighted by Gasteiger charge is 2.11. The molecular formula is C15H22F2N2. The van der Waals surface area contributed by atoms with Crippen LogP contribution in [0, 0.1) is 11.6 Å². The van der Waals surface area contributed by atoms with E-state index in [1.54, 1.807) is 0 Å². The van der Waals surface area contributed by atoms with E-state index in [2.05, 4.69) is 10.6 Å². The molecule has 0 spiro atoms. The molecule has 0 aliphatic carbocycles. The SMILES string of the molecule is Fc1ccc(CCNCCC2CCCCN2)c(F)c1. The van der Waals surface area contributed by atoms with E-state index in [9.17, 15) is 8.78 Å². The molecule has 19 heavy (non-hydrogen) atoms. The lowest BCUT2D eigenvalue weighted by Crippen LogP contribution is -2.36. The van der Waals surface area contributed by atoms with Gasteiger partial charge in [0, 0.05) is 12.1 Å². The Morgan fingerprint density at radius 2 is 2.11 bits per heavy atom. The van der Waals surface area contributed by atoms with Crippen molar-refractivity contribution < 1.29 is 8.78 Å². The Morgan fingerprint density at radius 3 is 2.84 bits per heavy atom. The summed E-state index contributed by atoms with van der Waals surface area (Å²) in [5.41, 5.74) is 0.574. The van der Waals surface area contributed by atoms with Crippen LogP contribution in [0.1, 0.15) is 31.2 Å². The van der Waals surface area contributed by atoms with Gasteiger partial charge < -0.3 is 10.6 Å². The molecule has 1 aromatic rings. The summed E-state index contributed by atoms with van der Waals surface area (Å²) in [6, 6.07) is 4.41. The summed E-state index contributed by atoms with van der Waals surface area (Å²) < 4.78 is 26.1. The molecule has 1 unspecified atom stereocenters. The van der Waals surface area contributed by atoms with Crippen molar-refractivity contribution in [3.63, 3.8) is 0 Å². The van der Waals surface area contributed by atoms with E-state index in [0.717, 1.165) is 32.1 Å². The number of benzene rings is 1. The predicted molar refractivity (Wildman–Crippen MR) is 73.2 cm³/mol. The molecule has 2 nitrogen and oxygen atoms in total. The van der Waals surface area contributed by atoms with Gasteiger partial charge in [-0.05, 0) is 56.9 Å². The van der Waals surface area contributed by atoms with Gasteiger partial charge in [0.1, 0.15) is 11.6 Å². The molecule has 106 valence electrons. The maximum Gasteiger partial charge on any atom is 0.129 e. The lowest BCUT2D eigenvalue weighted by Gasteiger charge is -2.23. The molecule has 1 aliphatic heterocycles. The van der Waals surface area contributed by atoms with Crippen molar-refractivity contribution in [2.45, 2.75) is 38.1 Å². The molecule has 0 saturated carbocycles. The summed E-state index contributed by atoms with van der Waals surface area (Å²) in [5.74, 6) is -0.965. The fourth-order valence-corrected chi connectivity index (χ4v) is 2.52. The molecule has 0 bridgehead atoms. The topological polar surface area (TPSA) is 24.1 Å². The molecule has 1 saturated heterocycles. The monoisotopic (exact) mass is 268 g/mol. The zero-order valence-corrected chi connectivity index (χ0v) is 11.2. The lowest BCUT2D eigenvalue weighted by molar-refractivity contribution is 0.376. The molecule has 1 aromatic carbocycles. The molecule has 0 aromatic heterocycles. The molecule has 0 amide bonds. The van der Waals surface area contributed by atoms with Crippen molar-refractivity contribution >= 4 is 0 Å². The summed E-state index contributed by atoms with van der Waals surface area (Å²) >= 11 is 0. The van der Waals surface area contributed by atoms with Gasteiger partial charge in [0.15, 0.2) is 0 Å². The molecule has 0 radical (unpaired) electrons. The van der Waals surface area contributed by atoms with Crippen LogP contribution in [0.5, 0.6) is 0 Å². The normalized spacial score (nSPS) is 19.6. The van der Waals surface area contributed by atoms with Gasteiger partial charge >= 0.3 is 0 Å². The molecule has 4 heteroatoms. The number of hydrogen-bond acceptors (Lipinski definition) is 2. The van der Waals surface area contributed by atoms with E-state index in [0.29, 0.717) is 18.0 Å². The second-order valence-electron chi connectivity index (χ2n) is 5.17. The van der Waals surface area contributed by atoms with Crippen LogP contribution in [0.2, 0.25) is 0 Å². The third-order valence-electron chi connectivity index (χ3n) is 3.67. The second kappa shape index (κ2) is 7.56. The van der Waals surface area contributed by atoms with Crippen LogP contribution >= 0.6 is 0 Å². The van der Waals surface area contributed by atoms with Gasteiger partial charge in [-0.2, -0.15) is 0 Å². The van der Waals surface area contributed by atoms with Crippen molar-refractivity contribution in [1.82, 2.24) is 10.6 Å². The quantitative estimate of drug-likeness (QED) is 0.775. The first-order valence-electron chi connectivity index (χ1n) is 7.14. The van der Waals surface area contributed by atoms with Crippen LogP contribution < -0.4 is 10.6 Å². The van der Waals surface area contributed by atoms with Crippen molar-refractivity contribution in [1.29, 1.82) is 0 Å². The smallest absolute Gasteiger partial charge is 0.129 e. The number of hydrogen-bond donors (Lipinski definition) is 2. The van der Waals surface area contributed by atoms with E-state index >= 15 is 0 Å². The minimum absolute atomic E-state index is 0.448. The lowest BCUT2D eigenvalue weighted by atomic mass is 10.0. The molecular weight excluding hydrogens is 246 g/mol. The first kappa shape index (κ1) is 14.4. The standard InChI is InChI=1S/C15H22F2N2/c16-13-5-4-12(15(17)11-13)6-9-18-10-7-14-3-1-2-8-19-14/h4-5,11,14,18-19H,1-3,6-10H2. The molecule has 1 atom stereocenters. The number of piperidine rings is 1. The van der Waals surface area contributed by atoms with Gasteiger partial charge in [-0.25, -0.2) is 8.78 Å². The highest BCUT2D eigenvalue weighted by molar-refractivity contribution is 5.18. The zero-order chi connectivity index (χ0) is 13.5. The van der Waals surface area contributed by atoms with Gasteiger partial charge in [-0.3, -0.25) is 0 Å². The van der Waals surface area contributed by atoms with Crippen LogP contribution in [0.15, 0.2) is 18.2 Å². The Morgan fingerprint density at radius 1 is 1.21 bits per heavy atom. The highest BCUT2D eigenvalue weighted by atomic mass is 19.1. The fourth-order valence-electron chi connectivity index (χ4n) is 2.52. The van der Waals surface area contributed by atoms with Gasteiger partial charge in [-0.1, -0.05) is 12.5 Å². The Hall–Kier alpha value is -1.00. The van der Waals surface area contributed by atoms with E-state index in [1.165, 1.54) is 31.4 Å². The predicted octanol–water partition coefficient (Wildman–Crippen LogP) is 2.63. The average molecular weight is 268 g/mol. The third-order valence-corrected chi connectivity index (χ3v) is 3.67. The van der Waals surface area contributed by atoms with Gasteiger partial charge in [0.05, 0.1) is 0 Å². The van der Waals surface area contributed by atoms with Gasteiger partial charge in [0.25, 0.3) is 0 Å². The Labute approximate surface area is 113 Å². The van der Waals surface area contributed by atoms with E-state index in [1.807, 2.05) is 0 Å². The van der Waals surface area contributed by atoms with Crippen LogP contribution in [0.25, 0.3) is 0 Å². The highest BCUT2D eigenvalue weighted by Crippen LogP contribution is 2.10. The second-order valence-corrected chi connectivity index (χ2v) is 5.17. The Balaban J connectivity index is 1.61. The van der Waals surface area contributed by atoms with Gasteiger partial charge in [-0.15, -0.1) is 0 Å². The minimum Gasteiger partial charge on any atom is -0.316 e. The molecule has 2 N–H and O–H groups in total.